The van der Waals surface area contributed by atoms with Crippen molar-refractivity contribution in [1.29, 1.82) is 0 Å². The minimum atomic E-state index is -4.18. The van der Waals surface area contributed by atoms with Crippen molar-refractivity contribution in [3.63, 3.8) is 0 Å². The number of hydrogen-bond acceptors (Lipinski definition) is 5. The fourth-order valence-electron chi connectivity index (χ4n) is 2.86. The van der Waals surface area contributed by atoms with Gasteiger partial charge in [0.1, 0.15) is 11.5 Å². The molecule has 0 saturated carbocycles. The molecule has 1 heterocycles. The molecule has 1 aliphatic heterocycles. The summed E-state index contributed by atoms with van der Waals surface area (Å²) in [5, 5.41) is 2.42. The predicted octanol–water partition coefficient (Wildman–Crippen LogP) is 3.55. The molecular formula is C19H22F3N3O4S. The van der Waals surface area contributed by atoms with Crippen LogP contribution in [0.2, 0.25) is 0 Å². The molecule has 11 heteroatoms. The Morgan fingerprint density at radius 3 is 2.43 bits per heavy atom. The Morgan fingerprint density at radius 2 is 1.80 bits per heavy atom. The molecule has 1 fully saturated rings. The van der Waals surface area contributed by atoms with E-state index >= 15 is 0 Å². The van der Waals surface area contributed by atoms with Crippen molar-refractivity contribution >= 4 is 27.3 Å². The SMILES string of the molecule is Cc1ccc(Nc2c(NS(=O)(=O)NCC3COC(C)(C)O3)ccc(F)c2F)c(F)c1. The standard InChI is InChI=1S/C19H22F3N3O4S/c1-11-4-6-15(14(21)8-11)24-18-16(7-5-13(20)17(18)22)25-30(26,27)23-9-12-10-28-19(2,3)29-12/h4-8,12,23-25H,9-10H2,1-3H3. The van der Waals surface area contributed by atoms with Gasteiger partial charge in [-0.2, -0.15) is 13.1 Å². The van der Waals surface area contributed by atoms with Crippen molar-refractivity contribution in [1.82, 2.24) is 4.72 Å². The zero-order valence-corrected chi connectivity index (χ0v) is 17.4. The largest absolute Gasteiger partial charge is 0.349 e. The molecular weight excluding hydrogens is 423 g/mol. The molecule has 1 aliphatic rings. The van der Waals surface area contributed by atoms with Crippen LogP contribution in [0.3, 0.4) is 0 Å². The normalized spacial score (nSPS) is 18.4. The van der Waals surface area contributed by atoms with Crippen LogP contribution in [-0.4, -0.2) is 33.5 Å². The Morgan fingerprint density at radius 1 is 1.10 bits per heavy atom. The Bertz CT molecular complexity index is 1050. The molecule has 30 heavy (non-hydrogen) atoms. The van der Waals surface area contributed by atoms with E-state index in [-0.39, 0.29) is 24.5 Å². The molecule has 2 aromatic carbocycles. The highest BCUT2D eigenvalue weighted by molar-refractivity contribution is 7.90. The second-order valence-corrected chi connectivity index (χ2v) is 8.80. The molecule has 0 aliphatic carbocycles. The highest BCUT2D eigenvalue weighted by atomic mass is 32.2. The number of halogens is 3. The molecule has 3 N–H and O–H groups in total. The van der Waals surface area contributed by atoms with Crippen LogP contribution >= 0.6 is 0 Å². The molecule has 0 spiro atoms. The molecule has 164 valence electrons. The molecule has 0 radical (unpaired) electrons. The predicted molar refractivity (Wildman–Crippen MR) is 106 cm³/mol. The number of nitrogens with one attached hydrogen (secondary N) is 3. The van der Waals surface area contributed by atoms with Gasteiger partial charge in [0.15, 0.2) is 17.4 Å². The summed E-state index contributed by atoms with van der Waals surface area (Å²) in [6, 6.07) is 5.91. The minimum Gasteiger partial charge on any atom is -0.349 e. The van der Waals surface area contributed by atoms with Gasteiger partial charge in [0.25, 0.3) is 10.2 Å². The van der Waals surface area contributed by atoms with Gasteiger partial charge in [0, 0.05) is 6.54 Å². The Labute approximate surface area is 172 Å². The number of anilines is 3. The van der Waals surface area contributed by atoms with Gasteiger partial charge in [0.2, 0.25) is 0 Å². The number of benzene rings is 2. The number of aryl methyl sites for hydroxylation is 1. The second kappa shape index (κ2) is 8.42. The number of rotatable bonds is 7. The first-order chi connectivity index (χ1) is 14.0. The zero-order valence-electron chi connectivity index (χ0n) is 16.6. The van der Waals surface area contributed by atoms with Crippen LogP contribution in [0.4, 0.5) is 30.2 Å². The highest BCUT2D eigenvalue weighted by Crippen LogP contribution is 2.32. The third-order valence-electron chi connectivity index (χ3n) is 4.29. The topological polar surface area (TPSA) is 88.7 Å². The minimum absolute atomic E-state index is 0.0994. The Kier molecular flexibility index (Phi) is 6.27. The monoisotopic (exact) mass is 445 g/mol. The summed E-state index contributed by atoms with van der Waals surface area (Å²) in [6.07, 6.45) is -0.513. The molecule has 0 amide bonds. The average Bonchev–Trinajstić information content (AvgIpc) is 3.00. The summed E-state index contributed by atoms with van der Waals surface area (Å²) in [6.45, 7) is 5.16. The molecule has 1 saturated heterocycles. The lowest BCUT2D eigenvalue weighted by Crippen LogP contribution is -2.37. The van der Waals surface area contributed by atoms with E-state index in [0.29, 0.717) is 5.56 Å². The van der Waals surface area contributed by atoms with Gasteiger partial charge < -0.3 is 14.8 Å². The zero-order chi connectivity index (χ0) is 22.1. The van der Waals surface area contributed by atoms with Gasteiger partial charge in [-0.3, -0.25) is 4.72 Å². The van der Waals surface area contributed by atoms with Crippen molar-refractivity contribution in [3.8, 4) is 0 Å². The van der Waals surface area contributed by atoms with Crippen molar-refractivity contribution in [2.45, 2.75) is 32.7 Å². The van der Waals surface area contributed by atoms with Crippen molar-refractivity contribution in [3.05, 3.63) is 53.3 Å². The fourth-order valence-corrected chi connectivity index (χ4v) is 3.80. The van der Waals surface area contributed by atoms with E-state index in [9.17, 15) is 21.6 Å². The van der Waals surface area contributed by atoms with E-state index in [1.807, 2.05) is 0 Å². The van der Waals surface area contributed by atoms with Gasteiger partial charge in [0.05, 0.1) is 24.1 Å². The summed E-state index contributed by atoms with van der Waals surface area (Å²) < 4.78 is 82.3. The number of hydrogen-bond donors (Lipinski definition) is 3. The first kappa shape index (κ1) is 22.3. The highest BCUT2D eigenvalue weighted by Gasteiger charge is 2.33. The molecule has 1 unspecified atom stereocenters. The maximum Gasteiger partial charge on any atom is 0.299 e. The molecule has 0 aromatic heterocycles. The van der Waals surface area contributed by atoms with Crippen molar-refractivity contribution < 1.29 is 31.1 Å². The van der Waals surface area contributed by atoms with Gasteiger partial charge >= 0.3 is 0 Å². The quantitative estimate of drug-likeness (QED) is 0.607. The van der Waals surface area contributed by atoms with Crippen molar-refractivity contribution in [2.24, 2.45) is 0 Å². The summed E-state index contributed by atoms with van der Waals surface area (Å²) >= 11 is 0. The first-order valence-electron chi connectivity index (χ1n) is 9.06. The second-order valence-electron chi connectivity index (χ2n) is 7.30. The van der Waals surface area contributed by atoms with E-state index in [4.69, 9.17) is 9.47 Å². The molecule has 3 rings (SSSR count). The van der Waals surface area contributed by atoms with Gasteiger partial charge in [-0.1, -0.05) is 6.07 Å². The van der Waals surface area contributed by atoms with Crippen LogP contribution in [0.15, 0.2) is 30.3 Å². The van der Waals surface area contributed by atoms with Crippen LogP contribution in [-0.2, 0) is 19.7 Å². The van der Waals surface area contributed by atoms with Gasteiger partial charge in [-0.15, -0.1) is 0 Å². The van der Waals surface area contributed by atoms with Crippen LogP contribution in [0.1, 0.15) is 19.4 Å². The molecule has 7 nitrogen and oxygen atoms in total. The van der Waals surface area contributed by atoms with E-state index < -0.39 is 45.2 Å². The van der Waals surface area contributed by atoms with Gasteiger partial charge in [-0.25, -0.2) is 13.2 Å². The fraction of sp³-hybridized carbons (Fsp3) is 0.368. The summed E-state index contributed by atoms with van der Waals surface area (Å²) in [5.74, 6) is -4.10. The summed E-state index contributed by atoms with van der Waals surface area (Å²) in [4.78, 5) is 0. The van der Waals surface area contributed by atoms with Crippen LogP contribution < -0.4 is 14.8 Å². The maximum absolute atomic E-state index is 14.4. The lowest BCUT2D eigenvalue weighted by Gasteiger charge is -2.18. The van der Waals surface area contributed by atoms with E-state index in [1.165, 1.54) is 12.1 Å². The Balaban J connectivity index is 1.79. The van der Waals surface area contributed by atoms with E-state index in [1.54, 1.807) is 26.8 Å². The van der Waals surface area contributed by atoms with E-state index in [0.717, 1.165) is 12.1 Å². The molecule has 2 aromatic rings. The molecule has 1 atom stereocenters. The summed E-state index contributed by atoms with van der Waals surface area (Å²) in [5.41, 5.74) is -0.364. The lowest BCUT2D eigenvalue weighted by atomic mass is 10.2. The van der Waals surface area contributed by atoms with Crippen LogP contribution in [0.5, 0.6) is 0 Å². The third kappa shape index (κ3) is 5.42. The van der Waals surface area contributed by atoms with Crippen LogP contribution in [0.25, 0.3) is 0 Å². The first-order valence-corrected chi connectivity index (χ1v) is 10.5. The third-order valence-corrected chi connectivity index (χ3v) is 5.33. The van der Waals surface area contributed by atoms with E-state index in [2.05, 4.69) is 14.8 Å². The molecule has 0 bridgehead atoms. The lowest BCUT2D eigenvalue weighted by molar-refractivity contribution is -0.137. The summed E-state index contributed by atoms with van der Waals surface area (Å²) in [7, 11) is -4.18. The maximum atomic E-state index is 14.4. The van der Waals surface area contributed by atoms with Crippen LogP contribution in [0, 0.1) is 24.4 Å². The average molecular weight is 445 g/mol. The smallest absolute Gasteiger partial charge is 0.299 e. The number of ether oxygens (including phenoxy) is 2. The van der Waals surface area contributed by atoms with Gasteiger partial charge in [-0.05, 0) is 50.6 Å². The Hall–Kier alpha value is -2.34. The van der Waals surface area contributed by atoms with Crippen molar-refractivity contribution in [2.75, 3.05) is 23.2 Å².